The van der Waals surface area contributed by atoms with E-state index in [1.807, 2.05) is 25.1 Å². The number of amides is 1. The maximum Gasteiger partial charge on any atom is 0.252 e. The van der Waals surface area contributed by atoms with Gasteiger partial charge >= 0.3 is 0 Å². The van der Waals surface area contributed by atoms with Gasteiger partial charge < -0.3 is 5.32 Å². The minimum atomic E-state index is -0.0116. The Hall–Kier alpha value is -0.350. The van der Waals surface area contributed by atoms with Gasteiger partial charge in [-0.1, -0.05) is 41.9 Å². The molecule has 1 aromatic rings. The van der Waals surface area contributed by atoms with E-state index < -0.39 is 0 Å². The van der Waals surface area contributed by atoms with Gasteiger partial charge in [0, 0.05) is 16.3 Å². The summed E-state index contributed by atoms with van der Waals surface area (Å²) in [5.41, 5.74) is 1.90. The third-order valence-electron chi connectivity index (χ3n) is 3.15. The van der Waals surface area contributed by atoms with Crippen LogP contribution in [0.2, 0.25) is 0 Å². The van der Waals surface area contributed by atoms with E-state index >= 15 is 0 Å². The number of nitrogens with one attached hydrogen (secondary N) is 1. The number of hydrogen-bond donors (Lipinski definition) is 1. The van der Waals surface area contributed by atoms with Crippen LogP contribution in [0.25, 0.3) is 0 Å². The molecule has 106 valence electrons. The fourth-order valence-corrected chi connectivity index (χ4v) is 2.60. The molecule has 4 heteroatoms. The predicted molar refractivity (Wildman–Crippen MR) is 88.0 cm³/mol. The molecule has 0 radical (unpaired) electrons. The van der Waals surface area contributed by atoms with E-state index in [1.54, 1.807) is 0 Å². The van der Waals surface area contributed by atoms with Gasteiger partial charge in [-0.3, -0.25) is 4.79 Å². The molecule has 1 N–H and O–H groups in total. The highest BCUT2D eigenvalue weighted by molar-refractivity contribution is 9.10. The Balaban J connectivity index is 2.63. The zero-order valence-electron chi connectivity index (χ0n) is 11.7. The molecular weight excluding hydrogens is 370 g/mol. The maximum atomic E-state index is 12.2. The summed E-state index contributed by atoms with van der Waals surface area (Å²) in [6.45, 7) is 7.04. The lowest BCUT2D eigenvalue weighted by molar-refractivity contribution is 0.0933. The first-order chi connectivity index (χ1) is 8.87. The van der Waals surface area contributed by atoms with Gasteiger partial charge in [0.15, 0.2) is 0 Å². The molecule has 1 aromatic carbocycles. The second-order valence-electron chi connectivity index (χ2n) is 5.58. The van der Waals surface area contributed by atoms with Crippen LogP contribution in [0.15, 0.2) is 22.7 Å². The largest absolute Gasteiger partial charge is 0.351 e. The quantitative estimate of drug-likeness (QED) is 0.701. The number of rotatable bonds is 6. The van der Waals surface area contributed by atoms with Crippen molar-refractivity contribution in [3.8, 4) is 0 Å². The van der Waals surface area contributed by atoms with Crippen molar-refractivity contribution < 1.29 is 4.79 Å². The minimum Gasteiger partial charge on any atom is -0.351 e. The normalized spacial score (nSPS) is 11.4. The summed E-state index contributed by atoms with van der Waals surface area (Å²) in [7, 11) is 0. The van der Waals surface area contributed by atoms with Crippen molar-refractivity contribution in [2.75, 3.05) is 11.9 Å². The summed E-state index contributed by atoms with van der Waals surface area (Å²) in [6.07, 6.45) is 2.21. The van der Waals surface area contributed by atoms with Crippen molar-refractivity contribution in [1.29, 1.82) is 0 Å². The van der Waals surface area contributed by atoms with Crippen molar-refractivity contribution in [2.24, 2.45) is 5.41 Å². The Morgan fingerprint density at radius 1 is 1.37 bits per heavy atom. The van der Waals surface area contributed by atoms with E-state index in [1.165, 1.54) is 0 Å². The van der Waals surface area contributed by atoms with Crippen LogP contribution in [-0.4, -0.2) is 17.8 Å². The monoisotopic (exact) mass is 389 g/mol. The van der Waals surface area contributed by atoms with Crippen LogP contribution in [0.3, 0.4) is 0 Å². The van der Waals surface area contributed by atoms with Crippen molar-refractivity contribution in [1.82, 2.24) is 5.32 Å². The number of carbonyl (C=O) groups is 1. The van der Waals surface area contributed by atoms with Crippen LogP contribution in [0, 0.1) is 12.3 Å². The molecule has 0 fully saturated rings. The van der Waals surface area contributed by atoms with E-state index in [0.29, 0.717) is 12.1 Å². The Bertz CT molecular complexity index is 444. The number of alkyl halides is 1. The van der Waals surface area contributed by atoms with E-state index in [-0.39, 0.29) is 11.3 Å². The molecule has 0 aliphatic rings. The molecule has 0 heterocycles. The minimum absolute atomic E-state index is 0.0116. The van der Waals surface area contributed by atoms with Crippen LogP contribution in [0.4, 0.5) is 0 Å². The first-order valence-corrected chi connectivity index (χ1v) is 8.38. The van der Waals surface area contributed by atoms with Gasteiger partial charge in [0.1, 0.15) is 0 Å². The lowest BCUT2D eigenvalue weighted by atomic mass is 9.88. The number of hydrogen-bond acceptors (Lipinski definition) is 1. The van der Waals surface area contributed by atoms with E-state index in [2.05, 4.69) is 51.0 Å². The highest BCUT2D eigenvalue weighted by Crippen LogP contribution is 2.23. The molecule has 0 saturated carbocycles. The van der Waals surface area contributed by atoms with Gasteiger partial charge in [0.25, 0.3) is 5.91 Å². The Labute approximate surface area is 132 Å². The zero-order chi connectivity index (χ0) is 14.5. The SMILES string of the molecule is Cc1cccc(C(=O)NCC(C)(C)CCCBr)c1Br. The first-order valence-electron chi connectivity index (χ1n) is 6.47. The van der Waals surface area contributed by atoms with E-state index in [0.717, 1.165) is 28.2 Å². The van der Waals surface area contributed by atoms with E-state index in [4.69, 9.17) is 0 Å². The van der Waals surface area contributed by atoms with Gasteiger partial charge in [0.2, 0.25) is 0 Å². The Morgan fingerprint density at radius 3 is 2.68 bits per heavy atom. The van der Waals surface area contributed by atoms with Crippen LogP contribution in [0.1, 0.15) is 42.6 Å². The first kappa shape index (κ1) is 16.7. The summed E-state index contributed by atoms with van der Waals surface area (Å²) in [4.78, 5) is 12.2. The molecule has 0 aliphatic carbocycles. The van der Waals surface area contributed by atoms with Gasteiger partial charge in [0.05, 0.1) is 5.56 Å². The number of halogens is 2. The molecule has 2 nitrogen and oxygen atoms in total. The average molecular weight is 391 g/mol. The Kier molecular flexibility index (Phi) is 6.54. The zero-order valence-corrected chi connectivity index (χ0v) is 14.9. The number of benzene rings is 1. The molecular formula is C15H21Br2NO. The highest BCUT2D eigenvalue weighted by Gasteiger charge is 2.19. The summed E-state index contributed by atoms with van der Waals surface area (Å²) in [5, 5.41) is 4.04. The second-order valence-corrected chi connectivity index (χ2v) is 7.16. The standard InChI is InChI=1S/C15H21Br2NO/c1-11-6-4-7-12(13(11)17)14(19)18-10-15(2,3)8-5-9-16/h4,6-7H,5,8-10H2,1-3H3,(H,18,19). The smallest absolute Gasteiger partial charge is 0.252 e. The number of aryl methyl sites for hydroxylation is 1. The lowest BCUT2D eigenvalue weighted by Gasteiger charge is -2.24. The van der Waals surface area contributed by atoms with Crippen molar-refractivity contribution >= 4 is 37.8 Å². The predicted octanol–water partition coefficient (Wildman–Crippen LogP) is 4.69. The average Bonchev–Trinajstić information content (AvgIpc) is 2.37. The molecule has 0 aliphatic heterocycles. The third kappa shape index (κ3) is 5.27. The molecule has 0 spiro atoms. The van der Waals surface area contributed by atoms with Gasteiger partial charge in [-0.15, -0.1) is 0 Å². The highest BCUT2D eigenvalue weighted by atomic mass is 79.9. The summed E-state index contributed by atoms with van der Waals surface area (Å²) in [5.74, 6) is -0.0116. The maximum absolute atomic E-state index is 12.2. The topological polar surface area (TPSA) is 29.1 Å². The summed E-state index contributed by atoms with van der Waals surface area (Å²) in [6, 6.07) is 5.74. The van der Waals surface area contributed by atoms with E-state index in [9.17, 15) is 4.79 Å². The summed E-state index contributed by atoms with van der Waals surface area (Å²) >= 11 is 6.92. The molecule has 1 rings (SSSR count). The van der Waals surface area contributed by atoms with Crippen LogP contribution < -0.4 is 5.32 Å². The molecule has 0 atom stereocenters. The van der Waals surface area contributed by atoms with Crippen molar-refractivity contribution in [3.63, 3.8) is 0 Å². The lowest BCUT2D eigenvalue weighted by Crippen LogP contribution is -2.34. The molecule has 0 saturated heterocycles. The fraction of sp³-hybridized carbons (Fsp3) is 0.533. The molecule has 0 aromatic heterocycles. The fourth-order valence-electron chi connectivity index (χ4n) is 1.87. The summed E-state index contributed by atoms with van der Waals surface area (Å²) < 4.78 is 0.880. The van der Waals surface area contributed by atoms with Gasteiger partial charge in [-0.05, 0) is 52.7 Å². The molecule has 1 amide bonds. The van der Waals surface area contributed by atoms with Crippen molar-refractivity contribution in [2.45, 2.75) is 33.6 Å². The second kappa shape index (κ2) is 7.44. The van der Waals surface area contributed by atoms with Gasteiger partial charge in [-0.2, -0.15) is 0 Å². The molecule has 0 unspecified atom stereocenters. The molecule has 0 bridgehead atoms. The molecule has 19 heavy (non-hydrogen) atoms. The number of carbonyl (C=O) groups excluding carboxylic acids is 1. The third-order valence-corrected chi connectivity index (χ3v) is 4.76. The van der Waals surface area contributed by atoms with Gasteiger partial charge in [-0.25, -0.2) is 0 Å². The Morgan fingerprint density at radius 2 is 2.05 bits per heavy atom. The van der Waals surface area contributed by atoms with Crippen molar-refractivity contribution in [3.05, 3.63) is 33.8 Å². The van der Waals surface area contributed by atoms with Crippen LogP contribution >= 0.6 is 31.9 Å². The van der Waals surface area contributed by atoms with Crippen LogP contribution in [0.5, 0.6) is 0 Å². The van der Waals surface area contributed by atoms with Crippen LogP contribution in [-0.2, 0) is 0 Å².